The number of carbonyl (C=O) groups is 1. The summed E-state index contributed by atoms with van der Waals surface area (Å²) in [7, 11) is 0. The molecular formula is C10H16N2O. The zero-order valence-corrected chi connectivity index (χ0v) is 7.97. The summed E-state index contributed by atoms with van der Waals surface area (Å²) in [5, 5.41) is 2.86. The van der Waals surface area contributed by atoms with Gasteiger partial charge in [0, 0.05) is 25.4 Å². The van der Waals surface area contributed by atoms with E-state index in [-0.39, 0.29) is 5.91 Å². The van der Waals surface area contributed by atoms with Gasteiger partial charge in [0.05, 0.1) is 0 Å². The molecule has 3 nitrogen and oxygen atoms in total. The number of carbonyl (C=O) groups excluding carboxylic acids is 1. The molecule has 72 valence electrons. The highest BCUT2D eigenvalue weighted by Gasteiger charge is 1.99. The fourth-order valence-electron chi connectivity index (χ4n) is 1.09. The highest BCUT2D eigenvalue weighted by atomic mass is 16.1. The number of rotatable bonds is 5. The third-order valence-electron chi connectivity index (χ3n) is 1.91. The maximum atomic E-state index is 11.2. The van der Waals surface area contributed by atoms with E-state index in [2.05, 4.69) is 17.2 Å². The predicted octanol–water partition coefficient (Wildman–Crippen LogP) is 1.82. The van der Waals surface area contributed by atoms with E-state index in [4.69, 9.17) is 0 Å². The second kappa shape index (κ2) is 5.41. The summed E-state index contributed by atoms with van der Waals surface area (Å²) in [4.78, 5) is 14.1. The van der Waals surface area contributed by atoms with Crippen LogP contribution in [0.25, 0.3) is 0 Å². The molecule has 13 heavy (non-hydrogen) atoms. The molecule has 3 heteroatoms. The summed E-state index contributed by atoms with van der Waals surface area (Å²) in [6, 6.07) is 1.96. The summed E-state index contributed by atoms with van der Waals surface area (Å²) in [6.45, 7) is 2.71. The van der Waals surface area contributed by atoms with Crippen LogP contribution in [0.1, 0.15) is 31.7 Å². The second-order valence-electron chi connectivity index (χ2n) is 3.10. The first-order valence-electron chi connectivity index (χ1n) is 4.71. The van der Waals surface area contributed by atoms with Crippen molar-refractivity contribution in [3.05, 3.63) is 24.0 Å². The van der Waals surface area contributed by atoms with Crippen molar-refractivity contribution in [1.29, 1.82) is 0 Å². The summed E-state index contributed by atoms with van der Waals surface area (Å²) in [5.74, 6) is 0.142. The molecule has 1 rings (SSSR count). The Kier molecular flexibility index (Phi) is 4.09. The Hall–Kier alpha value is -1.25. The zero-order valence-electron chi connectivity index (χ0n) is 7.97. The van der Waals surface area contributed by atoms with Crippen LogP contribution in [0.15, 0.2) is 18.5 Å². The van der Waals surface area contributed by atoms with Gasteiger partial charge < -0.3 is 10.3 Å². The van der Waals surface area contributed by atoms with Crippen LogP contribution in [0.3, 0.4) is 0 Å². The van der Waals surface area contributed by atoms with Crippen LogP contribution in [0.2, 0.25) is 0 Å². The lowest BCUT2D eigenvalue weighted by Crippen LogP contribution is -2.21. The summed E-state index contributed by atoms with van der Waals surface area (Å²) in [6.07, 6.45) is 6.42. The normalized spacial score (nSPS) is 9.92. The quantitative estimate of drug-likeness (QED) is 0.713. The fourth-order valence-corrected chi connectivity index (χ4v) is 1.09. The van der Waals surface area contributed by atoms with Gasteiger partial charge in [0.15, 0.2) is 0 Å². The first-order valence-corrected chi connectivity index (χ1v) is 4.71. The number of H-pyrrole nitrogens is 1. The minimum absolute atomic E-state index is 0.142. The number of nitrogens with one attached hydrogen (secondary N) is 2. The third-order valence-corrected chi connectivity index (χ3v) is 1.91. The molecule has 0 bridgehead atoms. The molecule has 1 heterocycles. The number of aromatic nitrogens is 1. The van der Waals surface area contributed by atoms with E-state index in [1.165, 1.54) is 0 Å². The third kappa shape index (κ3) is 3.78. The van der Waals surface area contributed by atoms with Crippen molar-refractivity contribution in [1.82, 2.24) is 10.3 Å². The lowest BCUT2D eigenvalue weighted by molar-refractivity contribution is -0.121. The van der Waals surface area contributed by atoms with Crippen LogP contribution in [-0.4, -0.2) is 10.9 Å². The Morgan fingerprint density at radius 2 is 2.46 bits per heavy atom. The number of hydrogen-bond acceptors (Lipinski definition) is 1. The molecule has 0 aromatic carbocycles. The molecule has 0 saturated carbocycles. The van der Waals surface area contributed by atoms with Crippen molar-refractivity contribution >= 4 is 5.91 Å². The van der Waals surface area contributed by atoms with Crippen LogP contribution < -0.4 is 5.32 Å². The van der Waals surface area contributed by atoms with Crippen LogP contribution in [0, 0.1) is 0 Å². The van der Waals surface area contributed by atoms with E-state index in [1.807, 2.05) is 18.5 Å². The molecule has 0 saturated heterocycles. The summed E-state index contributed by atoms with van der Waals surface area (Å²) < 4.78 is 0. The topological polar surface area (TPSA) is 44.9 Å². The van der Waals surface area contributed by atoms with Gasteiger partial charge in [-0.05, 0) is 18.1 Å². The van der Waals surface area contributed by atoms with E-state index in [0.717, 1.165) is 18.4 Å². The standard InChI is InChI=1S/C10H16N2O/c1-2-3-4-10(13)12-8-9-5-6-11-7-9/h5-7,11H,2-4,8H2,1H3,(H,12,13). The molecule has 0 spiro atoms. The van der Waals surface area contributed by atoms with Gasteiger partial charge in [-0.3, -0.25) is 4.79 Å². The molecule has 1 aromatic heterocycles. The number of hydrogen-bond donors (Lipinski definition) is 2. The van der Waals surface area contributed by atoms with E-state index in [1.54, 1.807) is 0 Å². The monoisotopic (exact) mass is 180 g/mol. The summed E-state index contributed by atoms with van der Waals surface area (Å²) >= 11 is 0. The first kappa shape index (κ1) is 9.84. The largest absolute Gasteiger partial charge is 0.367 e. The van der Waals surface area contributed by atoms with Gasteiger partial charge in [-0.15, -0.1) is 0 Å². The van der Waals surface area contributed by atoms with Gasteiger partial charge in [0.2, 0.25) is 5.91 Å². The number of unbranched alkanes of at least 4 members (excludes halogenated alkanes) is 1. The number of aromatic amines is 1. The van der Waals surface area contributed by atoms with Crippen molar-refractivity contribution in [3.8, 4) is 0 Å². The van der Waals surface area contributed by atoms with Crippen molar-refractivity contribution in [2.45, 2.75) is 32.7 Å². The molecule has 1 amide bonds. The van der Waals surface area contributed by atoms with E-state index in [0.29, 0.717) is 13.0 Å². The minimum Gasteiger partial charge on any atom is -0.367 e. The lowest BCUT2D eigenvalue weighted by Gasteiger charge is -2.01. The first-order chi connectivity index (χ1) is 6.33. The van der Waals surface area contributed by atoms with Crippen molar-refractivity contribution in [2.24, 2.45) is 0 Å². The highest BCUT2D eigenvalue weighted by Crippen LogP contribution is 1.97. The van der Waals surface area contributed by atoms with Gasteiger partial charge in [0.25, 0.3) is 0 Å². The Morgan fingerprint density at radius 3 is 3.08 bits per heavy atom. The van der Waals surface area contributed by atoms with Crippen molar-refractivity contribution in [3.63, 3.8) is 0 Å². The Morgan fingerprint density at radius 1 is 1.62 bits per heavy atom. The van der Waals surface area contributed by atoms with Gasteiger partial charge in [-0.1, -0.05) is 13.3 Å². The Labute approximate surface area is 78.5 Å². The van der Waals surface area contributed by atoms with E-state index >= 15 is 0 Å². The predicted molar refractivity (Wildman–Crippen MR) is 52.2 cm³/mol. The summed E-state index contributed by atoms with van der Waals surface area (Å²) in [5.41, 5.74) is 1.12. The maximum absolute atomic E-state index is 11.2. The number of amides is 1. The van der Waals surface area contributed by atoms with Crippen LogP contribution in [0.4, 0.5) is 0 Å². The van der Waals surface area contributed by atoms with Crippen LogP contribution in [0.5, 0.6) is 0 Å². The molecule has 0 fully saturated rings. The zero-order chi connectivity index (χ0) is 9.52. The average Bonchev–Trinajstić information content (AvgIpc) is 2.64. The molecule has 0 aliphatic rings. The van der Waals surface area contributed by atoms with E-state index < -0.39 is 0 Å². The van der Waals surface area contributed by atoms with Gasteiger partial charge in [0.1, 0.15) is 0 Å². The van der Waals surface area contributed by atoms with Crippen LogP contribution >= 0.6 is 0 Å². The fraction of sp³-hybridized carbons (Fsp3) is 0.500. The van der Waals surface area contributed by atoms with Gasteiger partial charge in [-0.2, -0.15) is 0 Å². The maximum Gasteiger partial charge on any atom is 0.220 e. The lowest BCUT2D eigenvalue weighted by atomic mass is 10.2. The molecule has 0 aliphatic heterocycles. The smallest absolute Gasteiger partial charge is 0.220 e. The van der Waals surface area contributed by atoms with Crippen LogP contribution in [-0.2, 0) is 11.3 Å². The highest BCUT2D eigenvalue weighted by molar-refractivity contribution is 5.75. The average molecular weight is 180 g/mol. The van der Waals surface area contributed by atoms with E-state index in [9.17, 15) is 4.79 Å². The Balaban J connectivity index is 2.15. The van der Waals surface area contributed by atoms with Crippen molar-refractivity contribution < 1.29 is 4.79 Å². The molecule has 0 unspecified atom stereocenters. The molecule has 0 atom stereocenters. The molecule has 0 aliphatic carbocycles. The molecule has 1 aromatic rings. The second-order valence-corrected chi connectivity index (χ2v) is 3.10. The molecular weight excluding hydrogens is 164 g/mol. The minimum atomic E-state index is 0.142. The van der Waals surface area contributed by atoms with Gasteiger partial charge >= 0.3 is 0 Å². The Bertz CT molecular complexity index is 241. The molecule has 0 radical (unpaired) electrons. The SMILES string of the molecule is CCCCC(=O)NCc1cc[nH]c1. The van der Waals surface area contributed by atoms with Crippen molar-refractivity contribution in [2.75, 3.05) is 0 Å². The van der Waals surface area contributed by atoms with Gasteiger partial charge in [-0.25, -0.2) is 0 Å². The molecule has 2 N–H and O–H groups in total.